The molecule has 0 atom stereocenters. The maximum absolute atomic E-state index is 13.4. The number of imidazole rings is 1. The van der Waals surface area contributed by atoms with Gasteiger partial charge in [0, 0.05) is 18.5 Å². The maximum Gasteiger partial charge on any atom is 0.178 e. The number of nitrogens with zero attached hydrogens (tertiary/aromatic N) is 3. The van der Waals surface area contributed by atoms with E-state index in [2.05, 4.69) is 20.3 Å². The normalized spacial score (nSPS) is 10.9. The van der Waals surface area contributed by atoms with Gasteiger partial charge >= 0.3 is 0 Å². The van der Waals surface area contributed by atoms with Gasteiger partial charge in [0.05, 0.1) is 16.6 Å². The van der Waals surface area contributed by atoms with Crippen molar-refractivity contribution in [2.75, 3.05) is 5.32 Å². The number of nitrogens with one attached hydrogen (secondary N) is 2. The van der Waals surface area contributed by atoms with Crippen molar-refractivity contribution < 1.29 is 8.78 Å². The molecule has 0 aliphatic carbocycles. The molecule has 0 unspecified atom stereocenters. The molecule has 0 saturated heterocycles. The summed E-state index contributed by atoms with van der Waals surface area (Å²) >= 11 is 5.35. The molecule has 0 fully saturated rings. The molecule has 0 bridgehead atoms. The van der Waals surface area contributed by atoms with Crippen LogP contribution in [0.3, 0.4) is 0 Å². The van der Waals surface area contributed by atoms with Crippen molar-refractivity contribution in [3.8, 4) is 0 Å². The number of halogens is 3. The number of anilines is 1. The van der Waals surface area contributed by atoms with E-state index in [-0.39, 0.29) is 12.4 Å². The first-order valence-corrected chi connectivity index (χ1v) is 8.52. The summed E-state index contributed by atoms with van der Waals surface area (Å²) in [6, 6.07) is 7.72. The fourth-order valence-corrected chi connectivity index (χ4v) is 3.34. The van der Waals surface area contributed by atoms with Crippen LogP contribution in [0.1, 0.15) is 12.5 Å². The van der Waals surface area contributed by atoms with Crippen molar-refractivity contribution in [1.29, 1.82) is 0 Å². The van der Waals surface area contributed by atoms with Crippen molar-refractivity contribution in [2.45, 2.75) is 20.0 Å². The summed E-state index contributed by atoms with van der Waals surface area (Å²) < 4.78 is 29.1. The highest BCUT2D eigenvalue weighted by atomic mass is 35.5. The molecular weight excluding hydrogens is 392 g/mol. The molecule has 0 radical (unpaired) electrons. The maximum atomic E-state index is 13.4. The van der Waals surface area contributed by atoms with E-state index in [4.69, 9.17) is 12.2 Å². The fraction of sp³-hybridized carbons (Fsp3) is 0.167. The Kier molecular flexibility index (Phi) is 5.38. The summed E-state index contributed by atoms with van der Waals surface area (Å²) in [6.45, 7) is 3.10. The van der Waals surface area contributed by atoms with Crippen LogP contribution in [0.2, 0.25) is 0 Å². The van der Waals surface area contributed by atoms with Gasteiger partial charge in [-0.25, -0.2) is 18.7 Å². The molecule has 0 aliphatic heterocycles. The summed E-state index contributed by atoms with van der Waals surface area (Å²) in [4.78, 5) is 11.8. The summed E-state index contributed by atoms with van der Waals surface area (Å²) in [7, 11) is 0. The SMILES string of the molecule is CCn1c(=S)[nH]c2cc3c(NCc4ccc(F)c(F)c4)ncnc3cc21.Cl. The lowest BCUT2D eigenvalue weighted by Crippen LogP contribution is -2.03. The Morgan fingerprint density at radius 2 is 1.96 bits per heavy atom. The first kappa shape index (κ1) is 19.2. The second kappa shape index (κ2) is 7.58. The summed E-state index contributed by atoms with van der Waals surface area (Å²) in [5, 5.41) is 3.99. The molecule has 5 nitrogen and oxygen atoms in total. The van der Waals surface area contributed by atoms with Gasteiger partial charge in [-0.2, -0.15) is 0 Å². The highest BCUT2D eigenvalue weighted by molar-refractivity contribution is 7.71. The van der Waals surface area contributed by atoms with Gasteiger partial charge in [0.25, 0.3) is 0 Å². The number of fused-ring (bicyclic) bond motifs is 2. The third-order valence-corrected chi connectivity index (χ3v) is 4.61. The molecule has 140 valence electrons. The second-order valence-electron chi connectivity index (χ2n) is 5.89. The van der Waals surface area contributed by atoms with Crippen molar-refractivity contribution in [3.05, 3.63) is 58.6 Å². The van der Waals surface area contributed by atoms with Gasteiger partial charge in [-0.3, -0.25) is 0 Å². The van der Waals surface area contributed by atoms with Gasteiger partial charge in [-0.05, 0) is 49.0 Å². The molecule has 0 saturated carbocycles. The van der Waals surface area contributed by atoms with Gasteiger partial charge < -0.3 is 14.9 Å². The van der Waals surface area contributed by atoms with Crippen LogP contribution in [-0.4, -0.2) is 19.5 Å². The number of H-pyrrole nitrogens is 1. The third kappa shape index (κ3) is 3.50. The average Bonchev–Trinajstić information content (AvgIpc) is 2.94. The Balaban J connectivity index is 0.00000210. The quantitative estimate of drug-likeness (QED) is 0.469. The Morgan fingerprint density at radius 1 is 1.15 bits per heavy atom. The minimum absolute atomic E-state index is 0. The number of benzene rings is 2. The lowest BCUT2D eigenvalue weighted by atomic mass is 10.2. The number of hydrogen-bond donors (Lipinski definition) is 2. The summed E-state index contributed by atoms with van der Waals surface area (Å²) in [6.07, 6.45) is 1.47. The zero-order valence-electron chi connectivity index (χ0n) is 14.3. The molecule has 2 aromatic heterocycles. The Bertz CT molecular complexity index is 1190. The Morgan fingerprint density at radius 3 is 2.70 bits per heavy atom. The number of aryl methyl sites for hydroxylation is 1. The first-order valence-electron chi connectivity index (χ1n) is 8.12. The van der Waals surface area contributed by atoms with Gasteiger partial charge in [0.15, 0.2) is 16.4 Å². The van der Waals surface area contributed by atoms with Crippen molar-refractivity contribution in [2.24, 2.45) is 0 Å². The van der Waals surface area contributed by atoms with Crippen LogP contribution >= 0.6 is 24.6 Å². The van der Waals surface area contributed by atoms with E-state index in [1.54, 1.807) is 0 Å². The average molecular weight is 408 g/mol. The van der Waals surface area contributed by atoms with Gasteiger partial charge in [0.2, 0.25) is 0 Å². The molecule has 4 rings (SSSR count). The van der Waals surface area contributed by atoms with Gasteiger partial charge in [0.1, 0.15) is 12.1 Å². The Hall–Kier alpha value is -2.58. The predicted molar refractivity (Wildman–Crippen MR) is 107 cm³/mol. The van der Waals surface area contributed by atoms with Crippen molar-refractivity contribution >= 4 is 52.4 Å². The van der Waals surface area contributed by atoms with E-state index in [0.717, 1.165) is 34.5 Å². The zero-order valence-corrected chi connectivity index (χ0v) is 15.9. The standard InChI is InChI=1S/C18H15F2N5S.ClH/c1-2-25-16-7-14-11(6-15(16)24-18(25)26)17(23-9-22-14)21-8-10-3-4-12(19)13(20)5-10;/h3-7,9H,2,8H2,1H3,(H,24,26)(H,21,22,23);1H. The fourth-order valence-electron chi connectivity index (χ4n) is 3.00. The number of hydrogen-bond acceptors (Lipinski definition) is 4. The molecule has 9 heteroatoms. The largest absolute Gasteiger partial charge is 0.365 e. The predicted octanol–water partition coefficient (Wildman–Crippen LogP) is 4.97. The zero-order chi connectivity index (χ0) is 18.3. The van der Waals surface area contributed by atoms with Gasteiger partial charge in [-0.15, -0.1) is 12.4 Å². The van der Waals surface area contributed by atoms with E-state index >= 15 is 0 Å². The van der Waals surface area contributed by atoms with Crippen LogP contribution in [0.25, 0.3) is 21.9 Å². The first-order chi connectivity index (χ1) is 12.6. The smallest absolute Gasteiger partial charge is 0.178 e. The molecule has 0 spiro atoms. The summed E-state index contributed by atoms with van der Waals surface area (Å²) in [5.41, 5.74) is 3.27. The van der Waals surface area contributed by atoms with Crippen LogP contribution in [0.4, 0.5) is 14.6 Å². The molecular formula is C18H16ClF2N5S. The lowest BCUT2D eigenvalue weighted by molar-refractivity contribution is 0.507. The topological polar surface area (TPSA) is 58.5 Å². The monoisotopic (exact) mass is 407 g/mol. The van der Waals surface area contributed by atoms with Crippen molar-refractivity contribution in [1.82, 2.24) is 19.5 Å². The van der Waals surface area contributed by atoms with E-state index < -0.39 is 11.6 Å². The number of aromatic nitrogens is 4. The number of aromatic amines is 1. The van der Waals surface area contributed by atoms with E-state index in [0.29, 0.717) is 22.7 Å². The molecule has 2 N–H and O–H groups in total. The number of rotatable bonds is 4. The Labute approximate surface area is 164 Å². The van der Waals surface area contributed by atoms with E-state index in [1.807, 2.05) is 23.6 Å². The van der Waals surface area contributed by atoms with E-state index in [9.17, 15) is 8.78 Å². The van der Waals surface area contributed by atoms with Crippen LogP contribution in [-0.2, 0) is 13.1 Å². The highest BCUT2D eigenvalue weighted by Crippen LogP contribution is 2.26. The van der Waals surface area contributed by atoms with Crippen molar-refractivity contribution in [3.63, 3.8) is 0 Å². The molecule has 4 aromatic rings. The van der Waals surface area contributed by atoms with Crippen LogP contribution < -0.4 is 5.32 Å². The minimum Gasteiger partial charge on any atom is -0.365 e. The molecule has 2 heterocycles. The molecule has 2 aromatic carbocycles. The highest BCUT2D eigenvalue weighted by Gasteiger charge is 2.10. The van der Waals surface area contributed by atoms with E-state index in [1.165, 1.54) is 18.5 Å². The lowest BCUT2D eigenvalue weighted by Gasteiger charge is -2.09. The minimum atomic E-state index is -0.868. The molecule has 0 amide bonds. The second-order valence-corrected chi connectivity index (χ2v) is 6.27. The van der Waals surface area contributed by atoms with Gasteiger partial charge in [-0.1, -0.05) is 6.07 Å². The molecule has 27 heavy (non-hydrogen) atoms. The van der Waals surface area contributed by atoms with Crippen LogP contribution in [0.5, 0.6) is 0 Å². The van der Waals surface area contributed by atoms with Crippen LogP contribution in [0.15, 0.2) is 36.7 Å². The molecule has 0 aliphatic rings. The third-order valence-electron chi connectivity index (χ3n) is 4.29. The summed E-state index contributed by atoms with van der Waals surface area (Å²) in [5.74, 6) is -1.11. The van der Waals surface area contributed by atoms with Crippen LogP contribution in [0, 0.1) is 16.4 Å².